The van der Waals surface area contributed by atoms with Crippen molar-refractivity contribution in [2.75, 3.05) is 11.1 Å². The third kappa shape index (κ3) is 3.86. The van der Waals surface area contributed by atoms with Crippen molar-refractivity contribution in [2.24, 2.45) is 5.92 Å². The highest BCUT2D eigenvalue weighted by molar-refractivity contribution is 5.55. The van der Waals surface area contributed by atoms with E-state index >= 15 is 0 Å². The van der Waals surface area contributed by atoms with Gasteiger partial charge in [0.15, 0.2) is 0 Å². The van der Waals surface area contributed by atoms with Crippen LogP contribution in [0.1, 0.15) is 71.2 Å². The summed E-state index contributed by atoms with van der Waals surface area (Å²) in [4.78, 5) is 9.22. The molecule has 1 aliphatic carbocycles. The van der Waals surface area contributed by atoms with Crippen LogP contribution in [0.4, 0.5) is 11.6 Å². The quantitative estimate of drug-likeness (QED) is 0.807. The zero-order valence-electron chi connectivity index (χ0n) is 14.2. The molecule has 1 heterocycles. The van der Waals surface area contributed by atoms with Gasteiger partial charge in [-0.1, -0.05) is 47.0 Å². The van der Waals surface area contributed by atoms with E-state index in [0.29, 0.717) is 17.8 Å². The lowest BCUT2D eigenvalue weighted by atomic mass is 9.95. The number of hydrogen-bond acceptors (Lipinski definition) is 4. The van der Waals surface area contributed by atoms with Crippen molar-refractivity contribution in [1.82, 2.24) is 9.97 Å². The molecule has 1 fully saturated rings. The van der Waals surface area contributed by atoms with Crippen LogP contribution in [0.25, 0.3) is 0 Å². The second-order valence-electron chi connectivity index (χ2n) is 7.52. The lowest BCUT2D eigenvalue weighted by molar-refractivity contribution is 0.454. The Kier molecular flexibility index (Phi) is 4.74. The lowest BCUT2D eigenvalue weighted by Gasteiger charge is -2.26. The Morgan fingerprint density at radius 3 is 2.43 bits per heavy atom. The Labute approximate surface area is 128 Å². The van der Waals surface area contributed by atoms with Crippen LogP contribution in [0.3, 0.4) is 0 Å². The first kappa shape index (κ1) is 16.1. The molecule has 21 heavy (non-hydrogen) atoms. The van der Waals surface area contributed by atoms with E-state index < -0.39 is 0 Å². The van der Waals surface area contributed by atoms with E-state index in [9.17, 15) is 0 Å². The molecule has 2 rings (SSSR count). The number of hydrogen-bond donors (Lipinski definition) is 2. The molecular formula is C17H30N4. The fraction of sp³-hybridized carbons (Fsp3) is 0.765. The molecule has 1 aromatic rings. The molecular weight excluding hydrogens is 260 g/mol. The number of aromatic nitrogens is 2. The first-order valence-electron chi connectivity index (χ1n) is 8.20. The van der Waals surface area contributed by atoms with Gasteiger partial charge in [0.25, 0.3) is 0 Å². The van der Waals surface area contributed by atoms with Crippen molar-refractivity contribution in [2.45, 2.75) is 78.2 Å². The van der Waals surface area contributed by atoms with Gasteiger partial charge in [0.1, 0.15) is 17.5 Å². The molecule has 0 bridgehead atoms. The molecule has 0 aromatic carbocycles. The maximum Gasteiger partial charge on any atom is 0.138 e. The van der Waals surface area contributed by atoms with Crippen LogP contribution in [0.15, 0.2) is 0 Å². The van der Waals surface area contributed by atoms with Gasteiger partial charge in [-0.2, -0.15) is 0 Å². The summed E-state index contributed by atoms with van der Waals surface area (Å²) in [6.07, 6.45) is 6.50. The second-order valence-corrected chi connectivity index (χ2v) is 7.52. The maximum atomic E-state index is 6.10. The van der Waals surface area contributed by atoms with Crippen molar-refractivity contribution in [3.05, 3.63) is 11.4 Å². The Bertz CT molecular complexity index is 490. The molecule has 3 N–H and O–H groups in total. The van der Waals surface area contributed by atoms with E-state index in [4.69, 9.17) is 10.7 Å². The van der Waals surface area contributed by atoms with Crippen LogP contribution in [-0.2, 0) is 5.41 Å². The van der Waals surface area contributed by atoms with Gasteiger partial charge in [-0.05, 0) is 25.7 Å². The van der Waals surface area contributed by atoms with Gasteiger partial charge in [0.2, 0.25) is 0 Å². The van der Waals surface area contributed by atoms with Crippen LogP contribution in [0, 0.1) is 12.8 Å². The van der Waals surface area contributed by atoms with Crippen LogP contribution >= 0.6 is 0 Å². The van der Waals surface area contributed by atoms with Gasteiger partial charge in [0.05, 0.1) is 0 Å². The molecule has 2 unspecified atom stereocenters. The van der Waals surface area contributed by atoms with Crippen molar-refractivity contribution in [1.29, 1.82) is 0 Å². The number of nitrogen functional groups attached to an aromatic ring is 1. The van der Waals surface area contributed by atoms with E-state index in [-0.39, 0.29) is 5.41 Å². The van der Waals surface area contributed by atoms with Gasteiger partial charge >= 0.3 is 0 Å². The van der Waals surface area contributed by atoms with Gasteiger partial charge in [-0.15, -0.1) is 0 Å². The maximum absolute atomic E-state index is 6.10. The monoisotopic (exact) mass is 290 g/mol. The van der Waals surface area contributed by atoms with Gasteiger partial charge in [-0.25, -0.2) is 9.97 Å². The Morgan fingerprint density at radius 1 is 1.10 bits per heavy atom. The molecule has 0 spiro atoms. The minimum absolute atomic E-state index is 0.0900. The molecule has 1 aliphatic rings. The van der Waals surface area contributed by atoms with E-state index in [1.165, 1.54) is 32.1 Å². The summed E-state index contributed by atoms with van der Waals surface area (Å²) >= 11 is 0. The molecule has 0 radical (unpaired) electrons. The highest BCUT2D eigenvalue weighted by atomic mass is 15.1. The Hall–Kier alpha value is -1.32. The van der Waals surface area contributed by atoms with E-state index in [1.807, 2.05) is 6.92 Å². The minimum atomic E-state index is -0.0900. The topological polar surface area (TPSA) is 63.8 Å². The molecule has 1 aromatic heterocycles. The third-order valence-corrected chi connectivity index (χ3v) is 4.54. The SMILES string of the molecule is Cc1c(N)nc(C(C)(C)C)nc1NC1CCCCCC1C. The van der Waals surface area contributed by atoms with E-state index in [0.717, 1.165) is 17.2 Å². The van der Waals surface area contributed by atoms with Crippen LogP contribution in [0.2, 0.25) is 0 Å². The second kappa shape index (κ2) is 6.20. The first-order chi connectivity index (χ1) is 9.79. The number of rotatable bonds is 2. The van der Waals surface area contributed by atoms with E-state index in [1.54, 1.807) is 0 Å². The fourth-order valence-electron chi connectivity index (χ4n) is 2.89. The number of nitrogens with one attached hydrogen (secondary N) is 1. The third-order valence-electron chi connectivity index (χ3n) is 4.54. The standard InChI is InChI=1S/C17H30N4/c1-11-9-7-6-8-10-13(11)19-15-12(2)14(18)20-16(21-15)17(3,4)5/h11,13H,6-10H2,1-5H3,(H3,18,19,20,21). The number of nitrogens with two attached hydrogens (primary N) is 1. The summed E-state index contributed by atoms with van der Waals surface area (Å²) in [6, 6.07) is 0.494. The van der Waals surface area contributed by atoms with Crippen LogP contribution < -0.4 is 11.1 Å². The highest BCUT2D eigenvalue weighted by Crippen LogP contribution is 2.29. The van der Waals surface area contributed by atoms with Crippen LogP contribution in [0.5, 0.6) is 0 Å². The molecule has 0 saturated heterocycles. The van der Waals surface area contributed by atoms with Gasteiger partial charge in [0, 0.05) is 17.0 Å². The first-order valence-corrected chi connectivity index (χ1v) is 8.20. The summed E-state index contributed by atoms with van der Waals surface area (Å²) in [5, 5.41) is 3.66. The molecule has 0 aliphatic heterocycles. The fourth-order valence-corrected chi connectivity index (χ4v) is 2.89. The average molecular weight is 290 g/mol. The smallest absolute Gasteiger partial charge is 0.138 e. The van der Waals surface area contributed by atoms with Crippen molar-refractivity contribution in [3.63, 3.8) is 0 Å². The molecule has 118 valence electrons. The van der Waals surface area contributed by atoms with Crippen molar-refractivity contribution < 1.29 is 0 Å². The predicted molar refractivity (Wildman–Crippen MR) is 89.5 cm³/mol. The lowest BCUT2D eigenvalue weighted by Crippen LogP contribution is -2.28. The minimum Gasteiger partial charge on any atom is -0.383 e. The summed E-state index contributed by atoms with van der Waals surface area (Å²) in [7, 11) is 0. The van der Waals surface area contributed by atoms with Gasteiger partial charge in [-0.3, -0.25) is 0 Å². The molecule has 2 atom stereocenters. The summed E-state index contributed by atoms with van der Waals surface area (Å²) in [6.45, 7) is 10.7. The zero-order chi connectivity index (χ0) is 15.6. The van der Waals surface area contributed by atoms with E-state index in [2.05, 4.69) is 38.0 Å². The Balaban J connectivity index is 2.28. The molecule has 4 nitrogen and oxygen atoms in total. The molecule has 4 heteroatoms. The summed E-state index contributed by atoms with van der Waals surface area (Å²) in [5.41, 5.74) is 6.98. The largest absolute Gasteiger partial charge is 0.383 e. The van der Waals surface area contributed by atoms with Crippen molar-refractivity contribution in [3.8, 4) is 0 Å². The predicted octanol–water partition coefficient (Wildman–Crippen LogP) is 4.05. The Morgan fingerprint density at radius 2 is 1.76 bits per heavy atom. The average Bonchev–Trinajstić information content (AvgIpc) is 2.59. The normalized spacial score (nSPS) is 23.7. The van der Waals surface area contributed by atoms with Crippen LogP contribution in [-0.4, -0.2) is 16.0 Å². The zero-order valence-corrected chi connectivity index (χ0v) is 14.2. The molecule has 1 saturated carbocycles. The van der Waals surface area contributed by atoms with Gasteiger partial charge < -0.3 is 11.1 Å². The number of anilines is 2. The summed E-state index contributed by atoms with van der Waals surface area (Å²) in [5.74, 6) is 3.01. The molecule has 0 amide bonds. The van der Waals surface area contributed by atoms with Crippen molar-refractivity contribution >= 4 is 11.6 Å². The summed E-state index contributed by atoms with van der Waals surface area (Å²) < 4.78 is 0. The number of nitrogens with zero attached hydrogens (tertiary/aromatic N) is 2. The highest BCUT2D eigenvalue weighted by Gasteiger charge is 2.24.